The van der Waals surface area contributed by atoms with Gasteiger partial charge < -0.3 is 10.3 Å². The minimum Gasteiger partial charge on any atom is -0.598 e. The summed E-state index contributed by atoms with van der Waals surface area (Å²) in [6.45, 7) is 5.68. The summed E-state index contributed by atoms with van der Waals surface area (Å²) in [5, 5.41) is 9.17. The van der Waals surface area contributed by atoms with Crippen molar-refractivity contribution in [3.8, 4) is 6.07 Å². The SMILES string of the molecule is CC(C)(C)[S@@+]([O-])NC1CC1(c1ccc(F)c(N)c1)c1cccc(C#N)n1. The fourth-order valence-electron chi connectivity index (χ4n) is 3.03. The fourth-order valence-corrected chi connectivity index (χ4v) is 3.92. The van der Waals surface area contributed by atoms with E-state index in [1.807, 2.05) is 32.9 Å². The van der Waals surface area contributed by atoms with Crippen molar-refractivity contribution in [3.63, 3.8) is 0 Å². The van der Waals surface area contributed by atoms with E-state index in [0.717, 1.165) is 5.56 Å². The summed E-state index contributed by atoms with van der Waals surface area (Å²) in [6.07, 6.45) is 0.641. The number of nitrogens with two attached hydrogens (primary N) is 1. The second kappa shape index (κ2) is 6.54. The number of hydrogen-bond acceptors (Lipinski definition) is 5. The lowest BCUT2D eigenvalue weighted by molar-refractivity contribution is 0.539. The third kappa shape index (κ3) is 3.28. The molecule has 1 heterocycles. The van der Waals surface area contributed by atoms with Crippen molar-refractivity contribution in [2.75, 3.05) is 5.73 Å². The van der Waals surface area contributed by atoms with Crippen LogP contribution in [-0.4, -0.2) is 20.3 Å². The van der Waals surface area contributed by atoms with Gasteiger partial charge >= 0.3 is 0 Å². The van der Waals surface area contributed by atoms with Gasteiger partial charge in [0.25, 0.3) is 0 Å². The number of anilines is 1. The van der Waals surface area contributed by atoms with E-state index in [1.54, 1.807) is 24.3 Å². The lowest BCUT2D eigenvalue weighted by atomic mass is 9.90. The fraction of sp³-hybridized carbons (Fsp3) is 0.368. The van der Waals surface area contributed by atoms with E-state index in [9.17, 15) is 14.2 Å². The van der Waals surface area contributed by atoms with Crippen LogP contribution in [0.25, 0.3) is 0 Å². The van der Waals surface area contributed by atoms with Gasteiger partial charge in [-0.2, -0.15) is 5.26 Å². The van der Waals surface area contributed by atoms with Crippen molar-refractivity contribution in [2.45, 2.75) is 43.4 Å². The zero-order chi connectivity index (χ0) is 19.1. The molecule has 0 aliphatic heterocycles. The average Bonchev–Trinajstić information content (AvgIpc) is 3.31. The summed E-state index contributed by atoms with van der Waals surface area (Å²) in [5.74, 6) is -0.480. The number of hydrogen-bond donors (Lipinski definition) is 2. The average molecular weight is 372 g/mol. The lowest BCUT2D eigenvalue weighted by Crippen LogP contribution is -2.42. The molecule has 1 aliphatic carbocycles. The molecule has 0 radical (unpaired) electrons. The Bertz CT molecular complexity index is 877. The first-order valence-electron chi connectivity index (χ1n) is 8.29. The minimum absolute atomic E-state index is 0.0564. The molecule has 1 aliphatic rings. The lowest BCUT2D eigenvalue weighted by Gasteiger charge is -2.25. The number of nitrogens with one attached hydrogen (secondary N) is 1. The second-order valence-corrected chi connectivity index (χ2v) is 9.48. The normalized spacial score (nSPS) is 23.3. The number of aromatic nitrogens is 1. The van der Waals surface area contributed by atoms with Gasteiger partial charge in [-0.05, 0) is 57.0 Å². The molecule has 1 aromatic carbocycles. The number of rotatable bonds is 4. The standard InChI is InChI=1S/C19H21FN4OS/c1-18(2,3)26(25)24-17-10-19(17,12-7-8-14(20)15(22)9-12)16-6-4-5-13(11-21)23-16/h4-9,17,24H,10,22H2,1-3H3/t17?,19?,26-/m1/s1. The summed E-state index contributed by atoms with van der Waals surface area (Å²) in [5.41, 5.74) is 7.02. The largest absolute Gasteiger partial charge is 0.598 e. The van der Waals surface area contributed by atoms with Crippen LogP contribution in [0.1, 0.15) is 44.1 Å². The van der Waals surface area contributed by atoms with Gasteiger partial charge in [0.15, 0.2) is 0 Å². The van der Waals surface area contributed by atoms with Crippen LogP contribution in [0.15, 0.2) is 36.4 Å². The number of nitrogens with zero attached hydrogens (tertiary/aromatic N) is 2. The van der Waals surface area contributed by atoms with Gasteiger partial charge in [-0.25, -0.2) is 9.37 Å². The molecule has 1 aromatic heterocycles. The molecule has 26 heavy (non-hydrogen) atoms. The predicted octanol–water partition coefficient (Wildman–Crippen LogP) is 2.78. The van der Waals surface area contributed by atoms with Gasteiger partial charge in [0.1, 0.15) is 22.3 Å². The zero-order valence-corrected chi connectivity index (χ0v) is 15.7. The van der Waals surface area contributed by atoms with E-state index in [1.165, 1.54) is 6.07 Å². The van der Waals surface area contributed by atoms with Crippen molar-refractivity contribution < 1.29 is 8.94 Å². The Labute approximate surface area is 155 Å². The Morgan fingerprint density at radius 2 is 2.12 bits per heavy atom. The highest BCUT2D eigenvalue weighted by molar-refractivity contribution is 7.90. The first-order valence-corrected chi connectivity index (χ1v) is 9.44. The highest BCUT2D eigenvalue weighted by Crippen LogP contribution is 2.54. The molecule has 1 fully saturated rings. The summed E-state index contributed by atoms with van der Waals surface area (Å²) in [7, 11) is 0. The topological polar surface area (TPSA) is 97.8 Å². The highest BCUT2D eigenvalue weighted by Gasteiger charge is 2.60. The van der Waals surface area contributed by atoms with Crippen molar-refractivity contribution in [3.05, 3.63) is 59.2 Å². The molecule has 136 valence electrons. The van der Waals surface area contributed by atoms with Crippen LogP contribution in [-0.2, 0) is 16.8 Å². The molecule has 3 N–H and O–H groups in total. The van der Waals surface area contributed by atoms with E-state index in [2.05, 4.69) is 9.71 Å². The molecule has 5 nitrogen and oxygen atoms in total. The van der Waals surface area contributed by atoms with Crippen LogP contribution in [0, 0.1) is 17.1 Å². The Hall–Kier alpha value is -2.14. The van der Waals surface area contributed by atoms with Crippen LogP contribution in [0.3, 0.4) is 0 Å². The maximum absolute atomic E-state index is 13.6. The van der Waals surface area contributed by atoms with Gasteiger partial charge in [-0.1, -0.05) is 12.1 Å². The molecule has 2 unspecified atom stereocenters. The van der Waals surface area contributed by atoms with Crippen molar-refractivity contribution in [1.29, 1.82) is 5.26 Å². The van der Waals surface area contributed by atoms with Gasteiger partial charge in [-0.3, -0.25) is 0 Å². The molecular weight excluding hydrogens is 351 g/mol. The Balaban J connectivity index is 2.04. The third-order valence-electron chi connectivity index (χ3n) is 4.60. The molecular formula is C19H21FN4OS. The maximum atomic E-state index is 13.6. The summed E-state index contributed by atoms with van der Waals surface area (Å²) in [6, 6.07) is 11.7. The van der Waals surface area contributed by atoms with E-state index in [-0.39, 0.29) is 11.7 Å². The summed E-state index contributed by atoms with van der Waals surface area (Å²) >= 11 is -1.26. The summed E-state index contributed by atoms with van der Waals surface area (Å²) < 4.78 is 28.9. The van der Waals surface area contributed by atoms with Crippen LogP contribution in [0.5, 0.6) is 0 Å². The zero-order valence-electron chi connectivity index (χ0n) is 14.9. The first kappa shape index (κ1) is 18.6. The molecule has 2 aromatic rings. The van der Waals surface area contributed by atoms with Gasteiger partial charge in [0, 0.05) is 11.4 Å². The Kier molecular flexibility index (Phi) is 4.69. The molecule has 3 rings (SSSR count). The molecule has 3 atom stereocenters. The molecule has 0 saturated heterocycles. The third-order valence-corrected chi connectivity index (χ3v) is 6.21. The second-order valence-electron chi connectivity index (χ2n) is 7.48. The van der Waals surface area contributed by atoms with Crippen LogP contribution >= 0.6 is 0 Å². The van der Waals surface area contributed by atoms with Crippen LogP contribution in [0.2, 0.25) is 0 Å². The van der Waals surface area contributed by atoms with Gasteiger partial charge in [-0.15, -0.1) is 4.72 Å². The van der Waals surface area contributed by atoms with Gasteiger partial charge in [0.2, 0.25) is 0 Å². The number of halogens is 1. The molecule has 0 amide bonds. The quantitative estimate of drug-likeness (QED) is 0.635. The highest BCUT2D eigenvalue weighted by atomic mass is 32.2. The van der Waals surface area contributed by atoms with Crippen molar-refractivity contribution >= 4 is 17.0 Å². The van der Waals surface area contributed by atoms with E-state index < -0.39 is 27.3 Å². The van der Waals surface area contributed by atoms with Crippen molar-refractivity contribution in [2.24, 2.45) is 0 Å². The number of pyridine rings is 1. The number of nitriles is 1. The molecule has 1 saturated carbocycles. The molecule has 0 spiro atoms. The van der Waals surface area contributed by atoms with Crippen LogP contribution in [0.4, 0.5) is 10.1 Å². The van der Waals surface area contributed by atoms with Gasteiger partial charge in [0.05, 0.1) is 22.8 Å². The van der Waals surface area contributed by atoms with E-state index >= 15 is 0 Å². The minimum atomic E-state index is -1.26. The Morgan fingerprint density at radius 1 is 1.38 bits per heavy atom. The monoisotopic (exact) mass is 372 g/mol. The summed E-state index contributed by atoms with van der Waals surface area (Å²) in [4.78, 5) is 4.44. The number of benzene rings is 1. The van der Waals surface area contributed by atoms with Crippen LogP contribution < -0.4 is 10.5 Å². The maximum Gasteiger partial charge on any atom is 0.146 e. The predicted molar refractivity (Wildman–Crippen MR) is 100.0 cm³/mol. The first-order chi connectivity index (χ1) is 12.2. The molecule has 7 heteroatoms. The van der Waals surface area contributed by atoms with E-state index in [4.69, 9.17) is 5.73 Å². The Morgan fingerprint density at radius 3 is 2.73 bits per heavy atom. The smallest absolute Gasteiger partial charge is 0.146 e. The number of nitrogen functional groups attached to an aromatic ring is 1. The molecule has 0 bridgehead atoms. The van der Waals surface area contributed by atoms with Crippen molar-refractivity contribution in [1.82, 2.24) is 9.71 Å². The van der Waals surface area contributed by atoms with E-state index in [0.29, 0.717) is 17.8 Å².